The molecule has 0 radical (unpaired) electrons. The predicted octanol–water partition coefficient (Wildman–Crippen LogP) is 3.45. The molecule has 0 saturated heterocycles. The van der Waals surface area contributed by atoms with Gasteiger partial charge in [-0.3, -0.25) is 38.6 Å². The van der Waals surface area contributed by atoms with Gasteiger partial charge in [-0.1, -0.05) is 59.9 Å². The topological polar surface area (TPSA) is 347 Å². The van der Waals surface area contributed by atoms with Crippen LogP contribution in [0.1, 0.15) is 76.6 Å². The van der Waals surface area contributed by atoms with Crippen molar-refractivity contribution in [2.75, 3.05) is 28.2 Å². The summed E-state index contributed by atoms with van der Waals surface area (Å²) in [7, 11) is 6.23. The minimum Gasteiger partial charge on any atom is -0.508 e. The largest absolute Gasteiger partial charge is 0.508 e. The van der Waals surface area contributed by atoms with Crippen molar-refractivity contribution < 1.29 is 69.6 Å². The molecular formula is C57H57N5O14. The summed E-state index contributed by atoms with van der Waals surface area (Å²) >= 11 is 0. The van der Waals surface area contributed by atoms with Crippen LogP contribution in [0.2, 0.25) is 0 Å². The number of ketones is 4. The van der Waals surface area contributed by atoms with Gasteiger partial charge < -0.3 is 52.3 Å². The summed E-state index contributed by atoms with van der Waals surface area (Å²) in [6, 6.07) is 13.8. The lowest BCUT2D eigenvalue weighted by atomic mass is 9.57. The maximum atomic E-state index is 13.9. The van der Waals surface area contributed by atoms with Crippen molar-refractivity contribution in [1.82, 2.24) is 9.80 Å². The molecule has 19 heteroatoms. The SMILES string of the molecule is CN(C)[C@@H]1C(=O)C(C(N)=O)=C(O)[C@@]2(O)C(=O)C3=C(O)c4c(O)ccc(C#CCCCC#N)c4C[C@H]3C[C@@H]12.Cc1ccc(/C=C/c2ccc(O)c3c2C[C@H]2C[C@H]4[C@H](N(C)C)C(=O)C(C(N)=O)=C(O)[C@@]4(O)C(=O)C2=C3O)cc1. The fourth-order valence-corrected chi connectivity index (χ4v) is 12.1. The molecular weight excluding hydrogens is 979 g/mol. The van der Waals surface area contributed by atoms with E-state index < -0.39 is 116 Å². The number of phenols is 2. The Kier molecular flexibility index (Phi) is 14.3. The van der Waals surface area contributed by atoms with Gasteiger partial charge in [0, 0.05) is 41.4 Å². The maximum Gasteiger partial charge on any atom is 0.255 e. The molecule has 6 aliphatic carbocycles. The van der Waals surface area contributed by atoms with Gasteiger partial charge in [0.15, 0.2) is 22.8 Å². The fraction of sp³-hybridized carbons (Fsp3) is 0.351. The van der Waals surface area contributed by atoms with Crippen LogP contribution in [0.15, 0.2) is 82.3 Å². The fourth-order valence-electron chi connectivity index (χ4n) is 12.1. The summed E-state index contributed by atoms with van der Waals surface area (Å²) in [5, 5.41) is 97.5. The number of Topliss-reactive ketones (excluding diaryl/α,β-unsaturated/α-hetero) is 4. The molecule has 6 aliphatic rings. The molecule has 2 amide bonds. The monoisotopic (exact) mass is 1040 g/mol. The van der Waals surface area contributed by atoms with E-state index >= 15 is 0 Å². The van der Waals surface area contributed by atoms with Crippen LogP contribution in [0.25, 0.3) is 23.7 Å². The Labute approximate surface area is 436 Å². The molecule has 0 bridgehead atoms. The Morgan fingerprint density at radius 1 is 0.671 bits per heavy atom. The molecule has 3 aromatic rings. The number of rotatable bonds is 8. The number of nitriles is 1. The molecule has 2 fully saturated rings. The summed E-state index contributed by atoms with van der Waals surface area (Å²) in [6.07, 6.45) is 5.68. The number of nitrogens with zero attached hydrogens (tertiary/aromatic N) is 3. The van der Waals surface area contributed by atoms with Gasteiger partial charge in [0.25, 0.3) is 11.8 Å². The molecule has 0 aliphatic heterocycles. The van der Waals surface area contributed by atoms with Gasteiger partial charge in [-0.15, -0.1) is 0 Å². The van der Waals surface area contributed by atoms with Crippen LogP contribution in [0, 0.1) is 53.8 Å². The number of phenolic OH excluding ortho intramolecular Hbond substituents is 2. The quantitative estimate of drug-likeness (QED) is 0.0668. The summed E-state index contributed by atoms with van der Waals surface area (Å²) in [6.45, 7) is 1.99. The van der Waals surface area contributed by atoms with E-state index in [0.717, 1.165) is 16.7 Å². The average molecular weight is 1040 g/mol. The molecule has 2 saturated carbocycles. The first-order chi connectivity index (χ1) is 35.8. The minimum atomic E-state index is -2.67. The number of carbonyl (C=O) groups excluding carboxylic acids is 6. The molecule has 19 nitrogen and oxygen atoms in total. The lowest BCUT2D eigenvalue weighted by molar-refractivity contribution is -0.155. The average Bonchev–Trinajstić information content (AvgIpc) is 3.48. The number of carbonyl (C=O) groups is 6. The van der Waals surface area contributed by atoms with Crippen LogP contribution < -0.4 is 11.5 Å². The van der Waals surface area contributed by atoms with Gasteiger partial charge in [-0.2, -0.15) is 5.26 Å². The predicted molar refractivity (Wildman–Crippen MR) is 275 cm³/mol. The van der Waals surface area contributed by atoms with Crippen LogP contribution >= 0.6 is 0 Å². The third-order valence-corrected chi connectivity index (χ3v) is 15.6. The van der Waals surface area contributed by atoms with Gasteiger partial charge in [0.2, 0.25) is 11.6 Å². The molecule has 12 N–H and O–H groups in total. The van der Waals surface area contributed by atoms with E-state index in [9.17, 15) is 69.6 Å². The molecule has 0 aromatic heterocycles. The molecule has 0 heterocycles. The molecule has 8 atom stereocenters. The number of amides is 2. The van der Waals surface area contributed by atoms with Crippen LogP contribution in [-0.2, 0) is 41.6 Å². The Morgan fingerprint density at radius 3 is 1.59 bits per heavy atom. The molecule has 394 valence electrons. The van der Waals surface area contributed by atoms with E-state index in [1.54, 1.807) is 40.3 Å². The van der Waals surface area contributed by atoms with Crippen molar-refractivity contribution in [3.05, 3.63) is 127 Å². The van der Waals surface area contributed by atoms with Crippen LogP contribution in [0.3, 0.4) is 0 Å². The van der Waals surface area contributed by atoms with Gasteiger partial charge in [-0.05, 0) is 120 Å². The van der Waals surface area contributed by atoms with E-state index in [-0.39, 0.29) is 59.5 Å². The van der Waals surface area contributed by atoms with Crippen molar-refractivity contribution in [2.45, 2.75) is 75.2 Å². The first-order valence-electron chi connectivity index (χ1n) is 24.4. The number of aryl methyl sites for hydroxylation is 1. The number of hydrogen-bond donors (Lipinski definition) is 10. The highest BCUT2D eigenvalue weighted by Crippen LogP contribution is 2.55. The van der Waals surface area contributed by atoms with E-state index in [4.69, 9.17) is 16.7 Å². The lowest BCUT2D eigenvalue weighted by Gasteiger charge is -2.50. The second-order valence-corrected chi connectivity index (χ2v) is 20.5. The number of fused-ring (bicyclic) bond motifs is 6. The summed E-state index contributed by atoms with van der Waals surface area (Å²) < 4.78 is 0. The van der Waals surface area contributed by atoms with E-state index in [0.29, 0.717) is 36.0 Å². The number of aliphatic hydroxyl groups excluding tert-OH is 4. The zero-order chi connectivity index (χ0) is 55.6. The Morgan fingerprint density at radius 2 is 1.13 bits per heavy atom. The highest BCUT2D eigenvalue weighted by molar-refractivity contribution is 6.25. The normalized spacial score (nSPS) is 26.6. The number of nitrogens with two attached hydrogens (primary N) is 2. The van der Waals surface area contributed by atoms with Crippen LogP contribution in [-0.4, -0.2) is 137 Å². The second-order valence-electron chi connectivity index (χ2n) is 20.5. The number of aliphatic hydroxyl groups is 6. The first-order valence-corrected chi connectivity index (χ1v) is 24.4. The third kappa shape index (κ3) is 8.51. The summed E-state index contributed by atoms with van der Waals surface area (Å²) in [5.74, 6) is -7.56. The highest BCUT2D eigenvalue weighted by Gasteiger charge is 2.66. The number of benzene rings is 3. The molecule has 76 heavy (non-hydrogen) atoms. The number of primary amides is 2. The standard InChI is InChI=1S/C30H30N2O7.C27H27N3O7/c1-14-4-6-15(7-5-14)8-9-16-10-11-20(33)22-18(16)12-17-13-19-24(32(2)3)26(35)23(29(31)38)28(37)30(19,39)27(36)21(17)25(22)34;1-30(2)21-16-12-14-11-15-13(7-5-3-4-6-10-28)8-9-17(31)19(15)22(32)18(14)24(34)27(16,37)25(35)20(23(21)33)26(29)36/h4-11,17,19,24,33-34,37,39H,12-13H2,1-3H3,(H2,31,38);8-9,14,16,21,31-32,35,37H,3-4,6,11-12H2,1-2H3,(H2,29,36)/b9-8+;/t17-,19-,24-,30-;14-,16-,21-,27-/m00/s1. The lowest BCUT2D eigenvalue weighted by Crippen LogP contribution is -2.65. The summed E-state index contributed by atoms with van der Waals surface area (Å²) in [5.41, 5.74) is 7.84. The van der Waals surface area contributed by atoms with Crippen LogP contribution in [0.5, 0.6) is 11.5 Å². The third-order valence-electron chi connectivity index (χ3n) is 15.6. The first kappa shape index (κ1) is 53.9. The number of unbranched alkanes of at least 4 members (excludes halogenated alkanes) is 2. The van der Waals surface area contributed by atoms with Crippen LogP contribution in [0.4, 0.5) is 0 Å². The Hall–Kier alpha value is -8.33. The van der Waals surface area contributed by atoms with E-state index in [2.05, 4.69) is 17.9 Å². The molecule has 0 spiro atoms. The zero-order valence-electron chi connectivity index (χ0n) is 42.2. The number of aromatic hydroxyl groups is 2. The van der Waals surface area contributed by atoms with Crippen molar-refractivity contribution in [3.8, 4) is 29.4 Å². The Bertz CT molecular complexity index is 3350. The van der Waals surface area contributed by atoms with Crippen molar-refractivity contribution in [1.29, 1.82) is 5.26 Å². The van der Waals surface area contributed by atoms with Crippen molar-refractivity contribution >= 4 is 58.6 Å². The second kappa shape index (κ2) is 20.1. The van der Waals surface area contributed by atoms with Gasteiger partial charge in [0.05, 0.1) is 29.3 Å². The highest BCUT2D eigenvalue weighted by atomic mass is 16.4. The van der Waals surface area contributed by atoms with Crippen molar-refractivity contribution in [3.63, 3.8) is 0 Å². The molecule has 0 unspecified atom stereocenters. The number of likely N-dealkylation sites (N-methyl/N-ethyl adjacent to an activating group) is 2. The van der Waals surface area contributed by atoms with E-state index in [1.807, 2.05) is 43.3 Å². The Balaban J connectivity index is 0.000000202. The van der Waals surface area contributed by atoms with Gasteiger partial charge >= 0.3 is 0 Å². The summed E-state index contributed by atoms with van der Waals surface area (Å²) in [4.78, 5) is 81.0. The minimum absolute atomic E-state index is 0.000106. The number of hydrogen-bond acceptors (Lipinski definition) is 17. The van der Waals surface area contributed by atoms with Gasteiger partial charge in [-0.25, -0.2) is 0 Å². The maximum absolute atomic E-state index is 13.9. The molecule has 3 aromatic carbocycles. The molecule has 9 rings (SSSR count). The van der Waals surface area contributed by atoms with Gasteiger partial charge in [0.1, 0.15) is 45.7 Å². The zero-order valence-corrected chi connectivity index (χ0v) is 42.2. The smallest absolute Gasteiger partial charge is 0.255 e. The van der Waals surface area contributed by atoms with Crippen molar-refractivity contribution in [2.24, 2.45) is 35.1 Å². The van der Waals surface area contributed by atoms with E-state index in [1.165, 1.54) is 21.9 Å².